The fourth-order valence-corrected chi connectivity index (χ4v) is 2.56. The van der Waals surface area contributed by atoms with Crippen LogP contribution >= 0.6 is 0 Å². The molecule has 3 rings (SSSR count). The number of nitrogens with one attached hydrogen (secondary N) is 1. The molecular formula is C15H14N2O5. The Kier molecular flexibility index (Phi) is 3.72. The first-order chi connectivity index (χ1) is 10.6. The fraction of sp³-hybridized carbons (Fsp3) is 0.333. The third kappa shape index (κ3) is 2.50. The summed E-state index contributed by atoms with van der Waals surface area (Å²) in [7, 11) is 0. The highest BCUT2D eigenvalue weighted by atomic mass is 16.6. The van der Waals surface area contributed by atoms with Crippen LogP contribution < -0.4 is 5.32 Å². The minimum Gasteiger partial charge on any atom is -0.449 e. The molecule has 7 nitrogen and oxygen atoms in total. The first-order valence-electron chi connectivity index (χ1n) is 6.95. The van der Waals surface area contributed by atoms with Gasteiger partial charge in [0.2, 0.25) is 0 Å². The van der Waals surface area contributed by atoms with Gasteiger partial charge in [-0.15, -0.1) is 0 Å². The van der Waals surface area contributed by atoms with Crippen molar-refractivity contribution in [3.05, 3.63) is 35.4 Å². The zero-order valence-corrected chi connectivity index (χ0v) is 11.7. The zero-order valence-electron chi connectivity index (χ0n) is 11.7. The van der Waals surface area contributed by atoms with Crippen LogP contribution in [0.4, 0.5) is 0 Å². The number of benzene rings is 1. The Hall–Kier alpha value is -2.54. The lowest BCUT2D eigenvalue weighted by Crippen LogP contribution is -2.36. The molecule has 0 saturated carbocycles. The van der Waals surface area contributed by atoms with E-state index in [2.05, 4.69) is 5.32 Å². The van der Waals surface area contributed by atoms with Crippen LogP contribution in [-0.2, 0) is 14.3 Å². The van der Waals surface area contributed by atoms with Gasteiger partial charge in [-0.25, -0.2) is 0 Å². The lowest BCUT2D eigenvalue weighted by molar-refractivity contribution is -0.139. The summed E-state index contributed by atoms with van der Waals surface area (Å²) in [6.45, 7) is -0.121. The van der Waals surface area contributed by atoms with E-state index in [1.54, 1.807) is 24.3 Å². The van der Waals surface area contributed by atoms with Gasteiger partial charge in [0, 0.05) is 6.42 Å². The third-order valence-electron chi connectivity index (χ3n) is 3.75. The van der Waals surface area contributed by atoms with Crippen LogP contribution in [0.5, 0.6) is 0 Å². The fourth-order valence-electron chi connectivity index (χ4n) is 2.56. The molecule has 114 valence electrons. The number of hydrogen-bond donors (Lipinski definition) is 1. The number of carbonyl (C=O) groups excluding carboxylic acids is 4. The van der Waals surface area contributed by atoms with Crippen molar-refractivity contribution in [3.8, 4) is 0 Å². The molecule has 22 heavy (non-hydrogen) atoms. The number of ketones is 1. The Balaban J connectivity index is 1.60. The van der Waals surface area contributed by atoms with E-state index in [1.807, 2.05) is 0 Å². The quantitative estimate of drug-likeness (QED) is 0.613. The van der Waals surface area contributed by atoms with Crippen molar-refractivity contribution in [3.63, 3.8) is 0 Å². The van der Waals surface area contributed by atoms with E-state index in [4.69, 9.17) is 4.74 Å². The van der Waals surface area contributed by atoms with Crippen LogP contribution in [0, 0.1) is 0 Å². The summed E-state index contributed by atoms with van der Waals surface area (Å²) in [6, 6.07) is 5.99. The van der Waals surface area contributed by atoms with Gasteiger partial charge in [0.1, 0.15) is 12.8 Å². The first kappa shape index (κ1) is 14.4. The van der Waals surface area contributed by atoms with Crippen molar-refractivity contribution in [2.75, 3.05) is 13.3 Å². The average molecular weight is 302 g/mol. The van der Waals surface area contributed by atoms with Gasteiger partial charge in [0.25, 0.3) is 11.8 Å². The maximum absolute atomic E-state index is 12.1. The van der Waals surface area contributed by atoms with Gasteiger partial charge in [-0.05, 0) is 18.6 Å². The number of nitrogens with zero attached hydrogens (tertiary/aromatic N) is 1. The number of Topliss-reactive ketones (excluding diaryl/α,β-unsaturated/α-hetero) is 1. The average Bonchev–Trinajstić information content (AvgIpc) is 3.03. The van der Waals surface area contributed by atoms with Crippen LogP contribution in [0.2, 0.25) is 0 Å². The molecule has 0 spiro atoms. The van der Waals surface area contributed by atoms with Gasteiger partial charge < -0.3 is 4.74 Å². The first-order valence-corrected chi connectivity index (χ1v) is 6.95. The lowest BCUT2D eigenvalue weighted by atomic mass is 10.1. The smallest absolute Gasteiger partial charge is 0.324 e. The van der Waals surface area contributed by atoms with Crippen LogP contribution in [0.15, 0.2) is 24.3 Å². The number of imide groups is 1. The number of hydrogen-bond acceptors (Lipinski definition) is 6. The second-order valence-electron chi connectivity index (χ2n) is 5.18. The largest absolute Gasteiger partial charge is 0.449 e. The summed E-state index contributed by atoms with van der Waals surface area (Å²) in [6.07, 6.45) is 0.390. The molecule has 2 heterocycles. The number of esters is 1. The molecule has 0 radical (unpaired) electrons. The standard InChI is InChI=1S/C15H14N2O5/c18-9(5-6-12-15(21)22-8-16-12)7-17-13(19)10-3-1-2-4-11(10)14(17)20/h1-4,12,16H,5-8H2/t12-/m0/s1. The van der Waals surface area contributed by atoms with Crippen molar-refractivity contribution in [2.24, 2.45) is 0 Å². The molecule has 1 atom stereocenters. The number of carbonyl (C=O) groups is 4. The number of ether oxygens (including phenoxy) is 1. The monoisotopic (exact) mass is 302 g/mol. The summed E-state index contributed by atoms with van der Waals surface area (Å²) in [4.78, 5) is 48.4. The molecule has 1 saturated heterocycles. The molecule has 1 aromatic rings. The molecule has 0 unspecified atom stereocenters. The molecule has 2 amide bonds. The van der Waals surface area contributed by atoms with Crippen LogP contribution in [0.1, 0.15) is 33.6 Å². The molecule has 0 bridgehead atoms. The van der Waals surface area contributed by atoms with Gasteiger partial charge in [-0.2, -0.15) is 0 Å². The Morgan fingerprint density at radius 2 is 1.82 bits per heavy atom. The lowest BCUT2D eigenvalue weighted by Gasteiger charge is -2.13. The predicted molar refractivity (Wildman–Crippen MR) is 73.9 cm³/mol. The molecule has 1 fully saturated rings. The van der Waals surface area contributed by atoms with E-state index in [1.165, 1.54) is 0 Å². The highest BCUT2D eigenvalue weighted by molar-refractivity contribution is 6.22. The Labute approximate surface area is 126 Å². The van der Waals surface area contributed by atoms with Gasteiger partial charge >= 0.3 is 5.97 Å². The van der Waals surface area contributed by atoms with Gasteiger partial charge in [0.15, 0.2) is 5.78 Å². The van der Waals surface area contributed by atoms with Gasteiger partial charge in [0.05, 0.1) is 17.7 Å². The summed E-state index contributed by atoms with van der Waals surface area (Å²) in [5, 5.41) is 2.82. The van der Waals surface area contributed by atoms with Crippen LogP contribution in [-0.4, -0.2) is 47.8 Å². The van der Waals surface area contributed by atoms with E-state index in [0.717, 1.165) is 4.90 Å². The number of amides is 2. The van der Waals surface area contributed by atoms with Crippen molar-refractivity contribution in [1.82, 2.24) is 10.2 Å². The number of cyclic esters (lactones) is 1. The zero-order chi connectivity index (χ0) is 15.7. The van der Waals surface area contributed by atoms with Crippen molar-refractivity contribution in [2.45, 2.75) is 18.9 Å². The van der Waals surface area contributed by atoms with Crippen molar-refractivity contribution in [1.29, 1.82) is 0 Å². The van der Waals surface area contributed by atoms with E-state index >= 15 is 0 Å². The summed E-state index contributed by atoms with van der Waals surface area (Å²) < 4.78 is 4.73. The minimum atomic E-state index is -0.494. The van der Waals surface area contributed by atoms with E-state index < -0.39 is 17.9 Å². The number of fused-ring (bicyclic) bond motifs is 1. The molecule has 0 aromatic heterocycles. The third-order valence-corrected chi connectivity index (χ3v) is 3.75. The Morgan fingerprint density at radius 3 is 2.36 bits per heavy atom. The van der Waals surface area contributed by atoms with Crippen LogP contribution in [0.3, 0.4) is 0 Å². The van der Waals surface area contributed by atoms with E-state index in [0.29, 0.717) is 17.5 Å². The molecule has 7 heteroatoms. The summed E-state index contributed by atoms with van der Waals surface area (Å²) >= 11 is 0. The molecule has 2 aliphatic rings. The van der Waals surface area contributed by atoms with Gasteiger partial charge in [-0.3, -0.25) is 29.4 Å². The van der Waals surface area contributed by atoms with Crippen molar-refractivity contribution >= 4 is 23.6 Å². The molecular weight excluding hydrogens is 288 g/mol. The molecule has 0 aliphatic carbocycles. The second kappa shape index (κ2) is 5.69. The SMILES string of the molecule is O=C(CC[C@@H]1NCOC1=O)CN1C(=O)c2ccccc2C1=O. The summed E-state index contributed by atoms with van der Waals surface area (Å²) in [5.74, 6) is -1.55. The maximum atomic E-state index is 12.1. The molecule has 1 N–H and O–H groups in total. The highest BCUT2D eigenvalue weighted by Gasteiger charge is 2.36. The topological polar surface area (TPSA) is 92.8 Å². The second-order valence-corrected chi connectivity index (χ2v) is 5.18. The van der Waals surface area contributed by atoms with E-state index in [-0.39, 0.29) is 31.4 Å². The number of rotatable bonds is 5. The van der Waals surface area contributed by atoms with E-state index in [9.17, 15) is 19.2 Å². The summed E-state index contributed by atoms with van der Waals surface area (Å²) in [5.41, 5.74) is 0.641. The van der Waals surface area contributed by atoms with Crippen LogP contribution in [0.25, 0.3) is 0 Å². The minimum absolute atomic E-state index is 0.0974. The van der Waals surface area contributed by atoms with Gasteiger partial charge in [-0.1, -0.05) is 12.1 Å². The predicted octanol–water partition coefficient (Wildman–Crippen LogP) is 0.104. The highest BCUT2D eigenvalue weighted by Crippen LogP contribution is 2.22. The normalized spacial score (nSPS) is 20.3. The van der Waals surface area contributed by atoms with Crippen molar-refractivity contribution < 1.29 is 23.9 Å². The Morgan fingerprint density at radius 1 is 1.18 bits per heavy atom. The maximum Gasteiger partial charge on any atom is 0.324 e. The molecule has 2 aliphatic heterocycles. The molecule has 1 aromatic carbocycles. The Bertz CT molecular complexity index is 635.